The van der Waals surface area contributed by atoms with E-state index >= 15 is 0 Å². The van der Waals surface area contributed by atoms with Gasteiger partial charge in [0.2, 0.25) is 13.4 Å². The molecule has 0 nitrogen and oxygen atoms in total. The molecule has 2 heteroatoms. The lowest BCUT2D eigenvalue weighted by atomic mass is 9.29. The Bertz CT molecular complexity index is 3190. The molecule has 3 atom stereocenters. The van der Waals surface area contributed by atoms with E-state index in [0.29, 0.717) is 17.7 Å². The second kappa shape index (κ2) is 20.7. The third-order valence-corrected chi connectivity index (χ3v) is 15.0. The molecule has 0 N–H and O–H groups in total. The maximum atomic E-state index is 2.50. The highest BCUT2D eigenvalue weighted by Gasteiger charge is 2.36. The molecule has 3 unspecified atom stereocenters. The number of hydrogen-bond donors (Lipinski definition) is 0. The van der Waals surface area contributed by atoms with Crippen LogP contribution in [0.2, 0.25) is 5.82 Å². The molecule has 8 aromatic carbocycles. The summed E-state index contributed by atoms with van der Waals surface area (Å²) in [6.07, 6.45) is 17.6. The van der Waals surface area contributed by atoms with Gasteiger partial charge < -0.3 is 0 Å². The average Bonchev–Trinajstić information content (AvgIpc) is 3.39. The quantitative estimate of drug-likeness (QED) is 0.0847. The second-order valence-electron chi connectivity index (χ2n) is 20.0. The van der Waals surface area contributed by atoms with Gasteiger partial charge in [-0.1, -0.05) is 300 Å². The first-order chi connectivity index (χ1) is 34.2. The van der Waals surface area contributed by atoms with Crippen molar-refractivity contribution < 1.29 is 0 Å². The Hall–Kier alpha value is -7.41. The van der Waals surface area contributed by atoms with Crippen molar-refractivity contribution in [3.05, 3.63) is 269 Å². The van der Waals surface area contributed by atoms with Gasteiger partial charge in [0.05, 0.1) is 0 Å². The highest BCUT2D eigenvalue weighted by atomic mass is 14.2. The van der Waals surface area contributed by atoms with Gasteiger partial charge in [0.25, 0.3) is 0 Å². The minimum atomic E-state index is 0.0868. The van der Waals surface area contributed by atoms with Crippen LogP contribution in [0.4, 0.5) is 0 Å². The predicted octanol–water partition coefficient (Wildman–Crippen LogP) is 14.3. The SMILES string of the molecule is CC1=CC(c2ccccc2)=CC(C)C1B(c1ccc(/C=C/c2ccc(B(c3ccc(-c4ccccc4)cc3C)c3ccc(-c4ccccc4)cc3C)cc2)cc1)c1ccc(C2=CCC(C)C=C2)cc1C. The monoisotopic (exact) mass is 901 g/mol. The number of aryl methyl sites for hydroxylation is 3. The molecule has 70 heavy (non-hydrogen) atoms. The normalized spacial score (nSPS) is 16.7. The van der Waals surface area contributed by atoms with Crippen LogP contribution in [0.5, 0.6) is 0 Å². The van der Waals surface area contributed by atoms with Crippen LogP contribution in [0.15, 0.2) is 230 Å². The molecule has 0 spiro atoms. The molecule has 0 saturated carbocycles. The molecule has 10 rings (SSSR count). The van der Waals surface area contributed by atoms with Gasteiger partial charge in [-0.15, -0.1) is 0 Å². The smallest absolute Gasteiger partial charge is 0.0808 e. The predicted molar refractivity (Wildman–Crippen MR) is 308 cm³/mol. The number of rotatable bonds is 12. The van der Waals surface area contributed by atoms with Gasteiger partial charge in [0.1, 0.15) is 0 Å². The van der Waals surface area contributed by atoms with Crippen LogP contribution < -0.4 is 27.3 Å². The fourth-order valence-electron chi connectivity index (χ4n) is 11.2. The zero-order valence-corrected chi connectivity index (χ0v) is 41.6. The second-order valence-corrected chi connectivity index (χ2v) is 20.0. The van der Waals surface area contributed by atoms with E-state index in [-0.39, 0.29) is 13.4 Å². The number of hydrogen-bond acceptors (Lipinski definition) is 0. The summed E-state index contributed by atoms with van der Waals surface area (Å²) in [5.41, 5.74) is 24.7. The van der Waals surface area contributed by atoms with Crippen LogP contribution in [0.25, 0.3) is 45.6 Å². The van der Waals surface area contributed by atoms with Crippen molar-refractivity contribution in [1.29, 1.82) is 0 Å². The van der Waals surface area contributed by atoms with E-state index in [2.05, 4.69) is 278 Å². The summed E-state index contributed by atoms with van der Waals surface area (Å²) >= 11 is 0. The van der Waals surface area contributed by atoms with Gasteiger partial charge in [-0.05, 0) is 107 Å². The molecule has 2 aliphatic rings. The van der Waals surface area contributed by atoms with Gasteiger partial charge >= 0.3 is 0 Å². The Labute approximate surface area is 418 Å². The van der Waals surface area contributed by atoms with Crippen molar-refractivity contribution in [3.63, 3.8) is 0 Å². The average molecular weight is 901 g/mol. The van der Waals surface area contributed by atoms with Crippen molar-refractivity contribution >= 4 is 64.0 Å². The van der Waals surface area contributed by atoms with Crippen LogP contribution in [-0.4, -0.2) is 13.4 Å². The minimum absolute atomic E-state index is 0.0868. The Morgan fingerprint density at radius 1 is 0.443 bits per heavy atom. The molecule has 340 valence electrons. The standard InChI is InChI=1S/C68H62B2/c1-47-22-30-58(31-23-47)61-34-41-67(50(4)44-61)70(68-51(5)45-62(46-52(68)6)57-20-14-9-15-21-57)64-37-28-54(29-38-64)25-24-53-26-35-63(36-27-53)69(65-39-32-59(42-48(65)2)55-16-10-7-11-17-55)66-40-33-60(43-49(66)3)56-18-12-8-13-19-56/h7-22,24-47,51,68H,23H2,1-6H3/b25-24+. The largest absolute Gasteiger partial charge is 0.241 e. The molecule has 0 aliphatic heterocycles. The summed E-state index contributed by atoms with van der Waals surface area (Å²) in [6.45, 7) is 14.2. The molecule has 2 aliphatic carbocycles. The van der Waals surface area contributed by atoms with Crippen molar-refractivity contribution in [2.45, 2.75) is 53.8 Å². The molecular formula is C68H62B2. The molecule has 0 aromatic heterocycles. The Morgan fingerprint density at radius 3 is 1.40 bits per heavy atom. The minimum Gasteiger partial charge on any atom is -0.0808 e. The first-order valence-electron chi connectivity index (χ1n) is 25.3. The molecule has 0 amide bonds. The molecule has 0 heterocycles. The highest BCUT2D eigenvalue weighted by Crippen LogP contribution is 2.39. The molecule has 0 radical (unpaired) electrons. The third-order valence-electron chi connectivity index (χ3n) is 15.0. The van der Waals surface area contributed by atoms with Crippen LogP contribution in [0.3, 0.4) is 0 Å². The molecule has 0 fully saturated rings. The topological polar surface area (TPSA) is 0 Å². The van der Waals surface area contributed by atoms with Crippen LogP contribution in [-0.2, 0) is 0 Å². The lowest BCUT2D eigenvalue weighted by molar-refractivity contribution is 0.700. The van der Waals surface area contributed by atoms with Crippen LogP contribution in [0.1, 0.15) is 66.1 Å². The van der Waals surface area contributed by atoms with E-state index in [1.165, 1.54) is 105 Å². The highest BCUT2D eigenvalue weighted by molar-refractivity contribution is 6.96. The number of allylic oxidation sites excluding steroid dienone is 8. The summed E-state index contributed by atoms with van der Waals surface area (Å²) in [6, 6.07) is 72.1. The Morgan fingerprint density at radius 2 is 0.914 bits per heavy atom. The van der Waals surface area contributed by atoms with Gasteiger partial charge in [-0.3, -0.25) is 0 Å². The van der Waals surface area contributed by atoms with E-state index in [1.807, 2.05) is 0 Å². The van der Waals surface area contributed by atoms with E-state index < -0.39 is 0 Å². The Balaban J connectivity index is 0.944. The van der Waals surface area contributed by atoms with Crippen molar-refractivity contribution in [3.8, 4) is 22.3 Å². The lowest BCUT2D eigenvalue weighted by Crippen LogP contribution is -2.53. The van der Waals surface area contributed by atoms with E-state index in [1.54, 1.807) is 0 Å². The third kappa shape index (κ3) is 10.0. The summed E-state index contributed by atoms with van der Waals surface area (Å²) in [5, 5.41) is 0. The molecule has 0 saturated heterocycles. The van der Waals surface area contributed by atoms with E-state index in [0.717, 1.165) is 6.42 Å². The van der Waals surface area contributed by atoms with Gasteiger partial charge in [-0.25, -0.2) is 0 Å². The molecule has 0 bridgehead atoms. The van der Waals surface area contributed by atoms with Crippen LogP contribution in [0, 0.1) is 32.6 Å². The van der Waals surface area contributed by atoms with Crippen molar-refractivity contribution in [2.75, 3.05) is 0 Å². The van der Waals surface area contributed by atoms with Gasteiger partial charge in [-0.2, -0.15) is 0 Å². The summed E-state index contributed by atoms with van der Waals surface area (Å²) in [5.74, 6) is 1.28. The zero-order valence-electron chi connectivity index (χ0n) is 41.6. The maximum Gasteiger partial charge on any atom is 0.241 e. The summed E-state index contributed by atoms with van der Waals surface area (Å²) in [4.78, 5) is 0. The van der Waals surface area contributed by atoms with Gasteiger partial charge in [0.15, 0.2) is 0 Å². The van der Waals surface area contributed by atoms with Crippen molar-refractivity contribution in [1.82, 2.24) is 0 Å². The fourth-order valence-corrected chi connectivity index (χ4v) is 11.2. The van der Waals surface area contributed by atoms with E-state index in [9.17, 15) is 0 Å². The number of benzene rings is 8. The first-order valence-corrected chi connectivity index (χ1v) is 25.3. The summed E-state index contributed by atoms with van der Waals surface area (Å²) in [7, 11) is 0. The summed E-state index contributed by atoms with van der Waals surface area (Å²) < 4.78 is 0. The molecule has 8 aromatic rings. The van der Waals surface area contributed by atoms with Crippen LogP contribution >= 0.6 is 0 Å². The fraction of sp³-hybridized carbons (Fsp3) is 0.147. The van der Waals surface area contributed by atoms with Crippen molar-refractivity contribution in [2.24, 2.45) is 11.8 Å². The zero-order chi connectivity index (χ0) is 48.1. The van der Waals surface area contributed by atoms with Gasteiger partial charge in [0, 0.05) is 0 Å². The molecular weight excluding hydrogens is 838 g/mol. The Kier molecular flexibility index (Phi) is 13.7. The maximum absolute atomic E-state index is 2.50. The lowest BCUT2D eigenvalue weighted by Gasteiger charge is -2.34. The first kappa shape index (κ1) is 46.3. The van der Waals surface area contributed by atoms with E-state index in [4.69, 9.17) is 0 Å².